The molecule has 76 valence electrons. The molecular formula is C8H15NO3S. The Bertz CT molecular complexity index is 219. The Labute approximate surface area is 80.4 Å². The van der Waals surface area contributed by atoms with Crippen molar-refractivity contribution in [3.8, 4) is 0 Å². The van der Waals surface area contributed by atoms with Gasteiger partial charge in [0.1, 0.15) is 0 Å². The first-order valence-electron chi connectivity index (χ1n) is 4.39. The van der Waals surface area contributed by atoms with Crippen molar-refractivity contribution in [2.24, 2.45) is 11.1 Å². The zero-order valence-corrected chi connectivity index (χ0v) is 8.51. The summed E-state index contributed by atoms with van der Waals surface area (Å²) in [5.74, 6) is -0.534. The number of nitrogens with two attached hydrogens (primary N) is 1. The summed E-state index contributed by atoms with van der Waals surface area (Å²) in [5.41, 5.74) is 0. The van der Waals surface area contributed by atoms with Gasteiger partial charge in [-0.1, -0.05) is 12.8 Å². The summed E-state index contributed by atoms with van der Waals surface area (Å²) in [4.78, 5) is 11.3. The number of hydrogen-bond donors (Lipinski definition) is 1. The van der Waals surface area contributed by atoms with Crippen LogP contribution in [0.3, 0.4) is 0 Å². The predicted molar refractivity (Wildman–Crippen MR) is 50.1 cm³/mol. The van der Waals surface area contributed by atoms with Crippen LogP contribution in [0.25, 0.3) is 0 Å². The maximum absolute atomic E-state index is 11.3. The Kier molecular flexibility index (Phi) is 3.87. The smallest absolute Gasteiger partial charge is 0.309 e. The van der Waals surface area contributed by atoms with Crippen LogP contribution in [0, 0.1) is 5.92 Å². The van der Waals surface area contributed by atoms with Gasteiger partial charge in [0.15, 0.2) is 0 Å². The number of methoxy groups -OCH3 is 1. The quantitative estimate of drug-likeness (QED) is 0.661. The lowest BCUT2D eigenvalue weighted by atomic mass is 9.89. The van der Waals surface area contributed by atoms with E-state index in [2.05, 4.69) is 4.74 Å². The molecule has 0 radical (unpaired) electrons. The molecule has 0 heterocycles. The summed E-state index contributed by atoms with van der Waals surface area (Å²) in [6, 6.07) is 0. The molecular weight excluding hydrogens is 190 g/mol. The summed E-state index contributed by atoms with van der Waals surface area (Å²) < 4.78 is 15.8. The molecule has 0 spiro atoms. The van der Waals surface area contributed by atoms with Crippen LogP contribution in [0.5, 0.6) is 0 Å². The van der Waals surface area contributed by atoms with E-state index in [0.717, 1.165) is 25.7 Å². The Morgan fingerprint density at radius 2 is 2.08 bits per heavy atom. The zero-order valence-electron chi connectivity index (χ0n) is 7.69. The monoisotopic (exact) mass is 205 g/mol. The molecule has 0 aromatic carbocycles. The van der Waals surface area contributed by atoms with Gasteiger partial charge in [0.2, 0.25) is 0 Å². The van der Waals surface area contributed by atoms with Gasteiger partial charge in [-0.05, 0) is 12.8 Å². The Hall–Kier alpha value is -0.420. The molecule has 0 aromatic rings. The van der Waals surface area contributed by atoms with E-state index < -0.39 is 11.0 Å². The van der Waals surface area contributed by atoms with Crippen LogP contribution in [-0.2, 0) is 20.5 Å². The first-order chi connectivity index (χ1) is 6.16. The largest absolute Gasteiger partial charge is 0.469 e. The van der Waals surface area contributed by atoms with Gasteiger partial charge in [0.05, 0.1) is 29.3 Å². The van der Waals surface area contributed by atoms with Crippen LogP contribution < -0.4 is 5.14 Å². The highest BCUT2D eigenvalue weighted by Crippen LogP contribution is 2.27. The summed E-state index contributed by atoms with van der Waals surface area (Å²) in [6.45, 7) is 0. The molecule has 3 unspecified atom stereocenters. The second-order valence-corrected chi connectivity index (χ2v) is 4.54. The molecule has 0 aromatic heterocycles. The minimum absolute atomic E-state index is 0.207. The van der Waals surface area contributed by atoms with Crippen LogP contribution in [0.1, 0.15) is 25.7 Å². The number of carbonyl (C=O) groups is 1. The molecule has 0 amide bonds. The molecule has 5 heteroatoms. The summed E-state index contributed by atoms with van der Waals surface area (Å²) in [6.07, 6.45) is 3.51. The van der Waals surface area contributed by atoms with Gasteiger partial charge in [-0.2, -0.15) is 0 Å². The van der Waals surface area contributed by atoms with Crippen molar-refractivity contribution in [3.63, 3.8) is 0 Å². The molecule has 0 aliphatic heterocycles. The highest BCUT2D eigenvalue weighted by atomic mass is 32.2. The topological polar surface area (TPSA) is 69.4 Å². The van der Waals surface area contributed by atoms with Gasteiger partial charge in [-0.15, -0.1) is 0 Å². The van der Waals surface area contributed by atoms with E-state index in [1.165, 1.54) is 7.11 Å². The standard InChI is InChI=1S/C8H15NO3S/c1-12-8(10)6-4-2-3-5-7(6)13(9)11/h6-7H,2-5,9H2,1H3. The number of hydrogen-bond acceptors (Lipinski definition) is 3. The molecule has 1 aliphatic carbocycles. The van der Waals surface area contributed by atoms with E-state index in [1.54, 1.807) is 0 Å². The zero-order chi connectivity index (χ0) is 9.84. The Morgan fingerprint density at radius 3 is 2.62 bits per heavy atom. The second kappa shape index (κ2) is 4.72. The fraction of sp³-hybridized carbons (Fsp3) is 0.875. The van der Waals surface area contributed by atoms with Crippen LogP contribution in [0.2, 0.25) is 0 Å². The van der Waals surface area contributed by atoms with Crippen molar-refractivity contribution in [1.29, 1.82) is 0 Å². The molecule has 0 saturated heterocycles. The lowest BCUT2D eigenvalue weighted by Crippen LogP contribution is -2.38. The molecule has 1 fully saturated rings. The maximum atomic E-state index is 11.3. The highest BCUT2D eigenvalue weighted by Gasteiger charge is 2.34. The van der Waals surface area contributed by atoms with E-state index >= 15 is 0 Å². The van der Waals surface area contributed by atoms with Crippen LogP contribution in [-0.4, -0.2) is 22.5 Å². The van der Waals surface area contributed by atoms with Crippen molar-refractivity contribution in [1.82, 2.24) is 0 Å². The van der Waals surface area contributed by atoms with Crippen LogP contribution in [0.4, 0.5) is 0 Å². The van der Waals surface area contributed by atoms with Gasteiger partial charge in [0.25, 0.3) is 0 Å². The molecule has 1 saturated carbocycles. The summed E-state index contributed by atoms with van der Waals surface area (Å²) in [7, 11) is -0.0505. The molecule has 2 N–H and O–H groups in total. The van der Waals surface area contributed by atoms with Gasteiger partial charge >= 0.3 is 5.97 Å². The Balaban J connectivity index is 2.67. The third kappa shape index (κ3) is 2.51. The number of esters is 1. The van der Waals surface area contributed by atoms with E-state index in [9.17, 15) is 9.00 Å². The van der Waals surface area contributed by atoms with Gasteiger partial charge < -0.3 is 4.74 Å². The van der Waals surface area contributed by atoms with Crippen molar-refractivity contribution in [2.75, 3.05) is 7.11 Å². The minimum atomic E-state index is -1.41. The maximum Gasteiger partial charge on any atom is 0.309 e. The third-order valence-corrected chi connectivity index (χ3v) is 3.67. The number of ether oxygens (including phenoxy) is 1. The number of rotatable bonds is 2. The average molecular weight is 205 g/mol. The van der Waals surface area contributed by atoms with Crippen LogP contribution >= 0.6 is 0 Å². The molecule has 1 aliphatic rings. The fourth-order valence-corrected chi connectivity index (χ4v) is 2.77. The normalized spacial score (nSPS) is 30.9. The van der Waals surface area contributed by atoms with Gasteiger partial charge in [-0.3, -0.25) is 9.93 Å². The Morgan fingerprint density at radius 1 is 1.46 bits per heavy atom. The van der Waals surface area contributed by atoms with E-state index in [0.29, 0.717) is 0 Å². The predicted octanol–water partition coefficient (Wildman–Crippen LogP) is 0.341. The lowest BCUT2D eigenvalue weighted by molar-refractivity contribution is -0.146. The van der Waals surface area contributed by atoms with E-state index in [-0.39, 0.29) is 17.1 Å². The second-order valence-electron chi connectivity index (χ2n) is 3.28. The summed E-state index contributed by atoms with van der Waals surface area (Å²) >= 11 is 0. The SMILES string of the molecule is COC(=O)C1CCCCC1S(N)=O. The van der Waals surface area contributed by atoms with Crippen LogP contribution in [0.15, 0.2) is 0 Å². The molecule has 4 nitrogen and oxygen atoms in total. The molecule has 13 heavy (non-hydrogen) atoms. The minimum Gasteiger partial charge on any atom is -0.469 e. The van der Waals surface area contributed by atoms with E-state index in [4.69, 9.17) is 5.14 Å². The highest BCUT2D eigenvalue weighted by molar-refractivity contribution is 7.83. The van der Waals surface area contributed by atoms with E-state index in [1.807, 2.05) is 0 Å². The van der Waals surface area contributed by atoms with Gasteiger partial charge in [-0.25, -0.2) is 4.21 Å². The fourth-order valence-electron chi connectivity index (χ4n) is 1.80. The number of carbonyl (C=O) groups excluding carboxylic acids is 1. The average Bonchev–Trinajstić information content (AvgIpc) is 2.16. The molecule has 0 bridgehead atoms. The lowest BCUT2D eigenvalue weighted by Gasteiger charge is -2.27. The molecule has 3 atom stereocenters. The van der Waals surface area contributed by atoms with Crippen molar-refractivity contribution in [2.45, 2.75) is 30.9 Å². The molecule has 1 rings (SSSR count). The first kappa shape index (κ1) is 10.7. The van der Waals surface area contributed by atoms with Crippen molar-refractivity contribution < 1.29 is 13.7 Å². The summed E-state index contributed by atoms with van der Waals surface area (Å²) in [5, 5.41) is 5.11. The first-order valence-corrected chi connectivity index (χ1v) is 5.67. The van der Waals surface area contributed by atoms with Crippen molar-refractivity contribution in [3.05, 3.63) is 0 Å². The van der Waals surface area contributed by atoms with Crippen molar-refractivity contribution >= 4 is 17.0 Å². The third-order valence-electron chi connectivity index (χ3n) is 2.50. The van der Waals surface area contributed by atoms with Gasteiger partial charge in [0, 0.05) is 0 Å².